The van der Waals surface area contributed by atoms with Gasteiger partial charge in [-0.3, -0.25) is 4.98 Å². The Bertz CT molecular complexity index is 1690. The van der Waals surface area contributed by atoms with Crippen molar-refractivity contribution in [1.82, 2.24) is 10.3 Å². The minimum atomic E-state index is 0.242. The first-order valence-electron chi connectivity index (χ1n) is 18.3. The van der Waals surface area contributed by atoms with Gasteiger partial charge in [-0.2, -0.15) is 0 Å². The summed E-state index contributed by atoms with van der Waals surface area (Å²) in [6.45, 7) is 23.1. The van der Waals surface area contributed by atoms with Crippen LogP contribution in [0.2, 0.25) is 10.0 Å². The Labute approximate surface area is 322 Å². The maximum atomic E-state index is 5.85. The predicted octanol–water partition coefficient (Wildman–Crippen LogP) is 13.4. The standard InChI is InChI=1S/C21H24N2.C15H24.C8H8Cl2.CH3Br/c1-2-19-17-12-21(19,23-13-17)11-16-8-9-22-20-7-6-15(10-18(16)20)14-4-3-5-14;1-11-8-12(14(2,3)4)10-13(9-11)15(5,6)7;1-2-6-7(9)4-3-5-8(6)10;1-2/h2,6-10,14,17,19,23H,1,3-5,11-13H2;8-10H,1-7H3;3-5H,2H2,1H3;1H3. The summed E-state index contributed by atoms with van der Waals surface area (Å²) in [5.74, 6) is 4.04. The average molecular weight is 779 g/mol. The lowest BCUT2D eigenvalue weighted by atomic mass is 9.61. The number of benzene rings is 3. The number of halogens is 3. The Hall–Kier alpha value is -2.17. The largest absolute Gasteiger partial charge is 0.310 e. The van der Waals surface area contributed by atoms with Gasteiger partial charge in [-0.05, 0) is 138 Å². The Balaban J connectivity index is 0.000000180. The lowest BCUT2D eigenvalue weighted by Gasteiger charge is -2.45. The number of aryl methyl sites for hydroxylation is 1. The molecule has 0 spiro atoms. The third-order valence-electron chi connectivity index (χ3n) is 10.9. The molecule has 2 bridgehead atoms. The molecule has 270 valence electrons. The molecule has 4 aliphatic rings. The van der Waals surface area contributed by atoms with Crippen LogP contribution in [-0.4, -0.2) is 22.9 Å². The van der Waals surface area contributed by atoms with Gasteiger partial charge in [0.1, 0.15) is 0 Å². The van der Waals surface area contributed by atoms with Crippen LogP contribution in [0.4, 0.5) is 0 Å². The molecule has 2 aliphatic carbocycles. The van der Waals surface area contributed by atoms with Gasteiger partial charge in [-0.1, -0.05) is 136 Å². The van der Waals surface area contributed by atoms with Crippen molar-refractivity contribution in [3.8, 4) is 0 Å². The smallest absolute Gasteiger partial charge is 0.0704 e. The SMILES string of the molecule is C=CC1C2CNC1(Cc1ccnc3ccc(C4CCC4)cc13)C2.CBr.CCc1c(Cl)cccc1Cl.Cc1cc(C(C)(C)C)cc(C(C)(C)C)c1. The van der Waals surface area contributed by atoms with Gasteiger partial charge in [0.05, 0.1) is 5.52 Å². The molecule has 4 aromatic rings. The third kappa shape index (κ3) is 9.43. The molecule has 50 heavy (non-hydrogen) atoms. The molecule has 8 rings (SSSR count). The second kappa shape index (κ2) is 17.1. The van der Waals surface area contributed by atoms with Crippen LogP contribution in [0.3, 0.4) is 0 Å². The summed E-state index contributed by atoms with van der Waals surface area (Å²) >= 11 is 14.6. The van der Waals surface area contributed by atoms with Crippen molar-refractivity contribution in [2.24, 2.45) is 11.8 Å². The molecule has 0 radical (unpaired) electrons. The maximum Gasteiger partial charge on any atom is 0.0704 e. The van der Waals surface area contributed by atoms with Gasteiger partial charge in [0.15, 0.2) is 0 Å². The number of fused-ring (bicyclic) bond motifs is 2. The summed E-state index contributed by atoms with van der Waals surface area (Å²) in [4.78, 5) is 4.59. The first-order valence-corrected chi connectivity index (χ1v) is 20.7. The average Bonchev–Trinajstić information content (AvgIpc) is 3.61. The molecule has 3 atom stereocenters. The number of alkyl halides is 1. The molecule has 5 heteroatoms. The van der Waals surface area contributed by atoms with Gasteiger partial charge in [0, 0.05) is 27.2 Å². The fourth-order valence-corrected chi connectivity index (χ4v) is 8.31. The van der Waals surface area contributed by atoms with Crippen LogP contribution in [-0.2, 0) is 23.7 Å². The maximum absolute atomic E-state index is 5.85. The fraction of sp³-hybridized carbons (Fsp3) is 0.489. The molecule has 1 N–H and O–H groups in total. The fourth-order valence-electron chi connectivity index (χ4n) is 7.65. The van der Waals surface area contributed by atoms with Crippen molar-refractivity contribution in [2.45, 2.75) is 116 Å². The van der Waals surface area contributed by atoms with Crippen molar-refractivity contribution in [3.63, 3.8) is 0 Å². The second-order valence-electron chi connectivity index (χ2n) is 16.5. The van der Waals surface area contributed by atoms with E-state index >= 15 is 0 Å². The number of aromatic nitrogens is 1. The summed E-state index contributed by atoms with van der Waals surface area (Å²) in [7, 11) is 0. The Morgan fingerprint density at radius 1 is 0.920 bits per heavy atom. The van der Waals surface area contributed by atoms with E-state index in [2.05, 4.69) is 130 Å². The molecule has 3 aromatic carbocycles. The lowest BCUT2D eigenvalue weighted by molar-refractivity contribution is 0.147. The Morgan fingerprint density at radius 3 is 2.02 bits per heavy atom. The van der Waals surface area contributed by atoms with Crippen LogP contribution in [0.1, 0.15) is 113 Å². The zero-order valence-electron chi connectivity index (χ0n) is 31.9. The van der Waals surface area contributed by atoms with Crippen LogP contribution in [0.15, 0.2) is 79.5 Å². The van der Waals surface area contributed by atoms with Gasteiger partial charge >= 0.3 is 0 Å². The zero-order valence-corrected chi connectivity index (χ0v) is 35.0. The Morgan fingerprint density at radius 2 is 1.54 bits per heavy atom. The molecular weight excluding hydrogens is 719 g/mol. The van der Waals surface area contributed by atoms with Crippen LogP contribution < -0.4 is 5.32 Å². The van der Waals surface area contributed by atoms with Gasteiger partial charge in [0.25, 0.3) is 0 Å². The van der Waals surface area contributed by atoms with E-state index in [1.54, 1.807) is 0 Å². The highest BCUT2D eigenvalue weighted by Gasteiger charge is 2.57. The predicted molar refractivity (Wildman–Crippen MR) is 224 cm³/mol. The van der Waals surface area contributed by atoms with E-state index in [4.69, 9.17) is 23.2 Å². The normalized spacial score (nSPS) is 21.0. The number of nitrogens with zero attached hydrogens (tertiary/aromatic N) is 1. The van der Waals surface area contributed by atoms with Crippen molar-refractivity contribution in [3.05, 3.63) is 123 Å². The lowest BCUT2D eigenvalue weighted by Crippen LogP contribution is -2.53. The molecule has 1 aromatic heterocycles. The number of rotatable bonds is 5. The number of nitrogens with one attached hydrogen (secondary N) is 1. The van der Waals surface area contributed by atoms with E-state index in [1.807, 2.05) is 37.2 Å². The molecule has 2 nitrogen and oxygen atoms in total. The van der Waals surface area contributed by atoms with Crippen molar-refractivity contribution < 1.29 is 0 Å². The van der Waals surface area contributed by atoms with Crippen LogP contribution in [0, 0.1) is 18.8 Å². The van der Waals surface area contributed by atoms with E-state index in [0.29, 0.717) is 5.92 Å². The van der Waals surface area contributed by atoms with E-state index in [-0.39, 0.29) is 16.4 Å². The molecular formula is C45H59BrCl2N2. The van der Waals surface area contributed by atoms with Gasteiger partial charge in [0.2, 0.25) is 0 Å². The molecule has 2 saturated carbocycles. The topological polar surface area (TPSA) is 24.9 Å². The van der Waals surface area contributed by atoms with E-state index < -0.39 is 0 Å². The van der Waals surface area contributed by atoms with Crippen LogP contribution in [0.5, 0.6) is 0 Å². The monoisotopic (exact) mass is 776 g/mol. The third-order valence-corrected chi connectivity index (χ3v) is 11.6. The van der Waals surface area contributed by atoms with Gasteiger partial charge < -0.3 is 5.32 Å². The molecule has 2 aliphatic heterocycles. The molecule has 3 unspecified atom stereocenters. The zero-order chi connectivity index (χ0) is 36.9. The quantitative estimate of drug-likeness (QED) is 0.161. The number of pyridine rings is 1. The van der Waals surface area contributed by atoms with E-state index in [9.17, 15) is 0 Å². The minimum absolute atomic E-state index is 0.242. The molecule has 4 fully saturated rings. The highest BCUT2D eigenvalue weighted by Crippen LogP contribution is 2.52. The summed E-state index contributed by atoms with van der Waals surface area (Å²) in [5.41, 5.74) is 10.1. The summed E-state index contributed by atoms with van der Waals surface area (Å²) in [6.07, 6.45) is 11.5. The van der Waals surface area contributed by atoms with Crippen LogP contribution in [0.25, 0.3) is 10.9 Å². The van der Waals surface area contributed by atoms with Crippen molar-refractivity contribution >= 4 is 50.0 Å². The second-order valence-corrected chi connectivity index (χ2v) is 17.3. The Kier molecular flexibility index (Phi) is 13.9. The summed E-state index contributed by atoms with van der Waals surface area (Å²) in [6, 6.07) is 21.7. The highest BCUT2D eigenvalue weighted by molar-refractivity contribution is 9.08. The molecule has 3 heterocycles. The highest BCUT2D eigenvalue weighted by atomic mass is 79.9. The molecule has 2 saturated heterocycles. The van der Waals surface area contributed by atoms with Crippen molar-refractivity contribution in [1.29, 1.82) is 0 Å². The number of hydrogen-bond donors (Lipinski definition) is 1. The van der Waals surface area contributed by atoms with E-state index in [0.717, 1.165) is 52.3 Å². The van der Waals surface area contributed by atoms with E-state index in [1.165, 1.54) is 58.9 Å². The van der Waals surface area contributed by atoms with Crippen LogP contribution >= 0.6 is 39.1 Å². The number of hydrogen-bond acceptors (Lipinski definition) is 2. The van der Waals surface area contributed by atoms with Gasteiger partial charge in [-0.15, -0.1) is 6.58 Å². The summed E-state index contributed by atoms with van der Waals surface area (Å²) < 4.78 is 0. The van der Waals surface area contributed by atoms with Gasteiger partial charge in [-0.25, -0.2) is 0 Å². The molecule has 0 amide bonds. The minimum Gasteiger partial charge on any atom is -0.310 e. The first-order chi connectivity index (χ1) is 23.6. The first kappa shape index (κ1) is 40.6. The van der Waals surface area contributed by atoms with Crippen molar-refractivity contribution in [2.75, 3.05) is 12.4 Å². The summed E-state index contributed by atoms with van der Waals surface area (Å²) in [5, 5.41) is 6.67.